The van der Waals surface area contributed by atoms with Crippen LogP contribution in [0, 0.1) is 18.8 Å². The molecule has 3 aliphatic rings. The topological polar surface area (TPSA) is 95.8 Å². The molecule has 0 unspecified atom stereocenters. The highest BCUT2D eigenvalue weighted by Gasteiger charge is 2.50. The van der Waals surface area contributed by atoms with E-state index in [1.54, 1.807) is 17.9 Å². The van der Waals surface area contributed by atoms with Crippen LogP contribution in [0.5, 0.6) is 0 Å². The molecule has 1 aliphatic carbocycles. The normalized spacial score (nSPS) is 27.2. The Bertz CT molecular complexity index is 800. The van der Waals surface area contributed by atoms with Gasteiger partial charge in [-0.05, 0) is 44.9 Å². The van der Waals surface area contributed by atoms with Gasteiger partial charge in [0.25, 0.3) is 5.91 Å². The summed E-state index contributed by atoms with van der Waals surface area (Å²) < 4.78 is 5.01. The monoisotopic (exact) mass is 402 g/mol. The molecule has 3 atom stereocenters. The number of piperazine rings is 1. The molecule has 1 aromatic rings. The molecule has 4 rings (SSSR count). The van der Waals surface area contributed by atoms with E-state index in [9.17, 15) is 14.4 Å². The van der Waals surface area contributed by atoms with Crippen molar-refractivity contribution in [2.75, 3.05) is 13.1 Å². The molecular formula is C21H30N4O4. The van der Waals surface area contributed by atoms with Crippen molar-refractivity contribution in [2.45, 2.75) is 71.0 Å². The molecule has 1 aromatic heterocycles. The quantitative estimate of drug-likeness (QED) is 0.809. The molecule has 8 nitrogen and oxygen atoms in total. The molecule has 1 saturated carbocycles. The lowest BCUT2D eigenvalue weighted by Crippen LogP contribution is -2.58. The maximum Gasteiger partial charge on any atom is 0.276 e. The molecule has 8 heteroatoms. The Hall–Kier alpha value is -2.38. The molecule has 0 aromatic carbocycles. The van der Waals surface area contributed by atoms with E-state index in [1.807, 2.05) is 4.90 Å². The summed E-state index contributed by atoms with van der Waals surface area (Å²) in [6.45, 7) is 6.41. The zero-order valence-corrected chi connectivity index (χ0v) is 17.4. The Kier molecular flexibility index (Phi) is 5.36. The second-order valence-corrected chi connectivity index (χ2v) is 9.14. The fourth-order valence-corrected chi connectivity index (χ4v) is 4.83. The van der Waals surface area contributed by atoms with Crippen molar-refractivity contribution < 1.29 is 18.9 Å². The second-order valence-electron chi connectivity index (χ2n) is 9.14. The highest BCUT2D eigenvalue weighted by molar-refractivity contribution is 5.96. The Morgan fingerprint density at radius 1 is 1.34 bits per heavy atom. The average Bonchev–Trinajstić information content (AvgIpc) is 3.21. The smallest absolute Gasteiger partial charge is 0.276 e. The molecule has 29 heavy (non-hydrogen) atoms. The van der Waals surface area contributed by atoms with E-state index in [-0.39, 0.29) is 54.0 Å². The van der Waals surface area contributed by atoms with Crippen LogP contribution in [-0.4, -0.2) is 63.9 Å². The summed E-state index contributed by atoms with van der Waals surface area (Å²) in [5.41, 5.74) is 0.222. The van der Waals surface area contributed by atoms with Crippen LogP contribution in [0.1, 0.15) is 62.2 Å². The average molecular weight is 402 g/mol. The summed E-state index contributed by atoms with van der Waals surface area (Å²) in [7, 11) is 0. The van der Waals surface area contributed by atoms with Gasteiger partial charge < -0.3 is 19.6 Å². The molecule has 3 fully saturated rings. The minimum Gasteiger partial charge on any atom is -0.361 e. The highest BCUT2D eigenvalue weighted by Crippen LogP contribution is 2.37. The standard InChI is InChI=1S/C21H30N4O4/c1-12(2)7-18-16(20(27)22-14-5-4-6-14)9-15-10-24(11-19(26)25(15)18)21(28)17-8-13(3)29-23-17/h8,12,14-16,18H,4-7,9-11H2,1-3H3,(H,22,27)/t15-,16-,18-/m0/s1. The van der Waals surface area contributed by atoms with E-state index in [0.717, 1.165) is 25.7 Å². The molecule has 2 saturated heterocycles. The van der Waals surface area contributed by atoms with Gasteiger partial charge in [-0.3, -0.25) is 14.4 Å². The number of nitrogens with one attached hydrogen (secondary N) is 1. The summed E-state index contributed by atoms with van der Waals surface area (Å²) >= 11 is 0. The Labute approximate surface area is 171 Å². The van der Waals surface area contributed by atoms with Crippen LogP contribution in [0.15, 0.2) is 10.6 Å². The Morgan fingerprint density at radius 2 is 2.10 bits per heavy atom. The number of hydrogen-bond acceptors (Lipinski definition) is 5. The van der Waals surface area contributed by atoms with Crippen LogP contribution in [0.4, 0.5) is 0 Å². The van der Waals surface area contributed by atoms with Gasteiger partial charge in [-0.25, -0.2) is 0 Å². The van der Waals surface area contributed by atoms with Gasteiger partial charge in [0.15, 0.2) is 5.69 Å². The van der Waals surface area contributed by atoms with Gasteiger partial charge in [0.1, 0.15) is 12.3 Å². The lowest BCUT2D eigenvalue weighted by Gasteiger charge is -2.40. The number of carbonyl (C=O) groups excluding carboxylic acids is 3. The molecule has 0 spiro atoms. The fourth-order valence-electron chi connectivity index (χ4n) is 4.83. The van der Waals surface area contributed by atoms with E-state index in [1.165, 1.54) is 0 Å². The Morgan fingerprint density at radius 3 is 2.69 bits per heavy atom. The highest BCUT2D eigenvalue weighted by atomic mass is 16.5. The van der Waals surface area contributed by atoms with E-state index in [4.69, 9.17) is 4.52 Å². The third kappa shape index (κ3) is 3.89. The summed E-state index contributed by atoms with van der Waals surface area (Å²) in [5.74, 6) is 0.410. The zero-order valence-electron chi connectivity index (χ0n) is 17.4. The van der Waals surface area contributed by atoms with Crippen molar-refractivity contribution in [3.05, 3.63) is 17.5 Å². The van der Waals surface area contributed by atoms with Gasteiger partial charge in [-0.1, -0.05) is 19.0 Å². The van der Waals surface area contributed by atoms with Crippen molar-refractivity contribution >= 4 is 17.7 Å². The number of aromatic nitrogens is 1. The minimum absolute atomic E-state index is 0.0206. The van der Waals surface area contributed by atoms with Gasteiger partial charge in [-0.15, -0.1) is 0 Å². The summed E-state index contributed by atoms with van der Waals surface area (Å²) in [5, 5.41) is 6.96. The number of aryl methyl sites for hydroxylation is 1. The van der Waals surface area contributed by atoms with Crippen LogP contribution in [-0.2, 0) is 9.59 Å². The molecule has 0 bridgehead atoms. The first-order chi connectivity index (χ1) is 13.8. The molecule has 3 amide bonds. The van der Waals surface area contributed by atoms with E-state index in [0.29, 0.717) is 24.6 Å². The van der Waals surface area contributed by atoms with Crippen molar-refractivity contribution in [1.29, 1.82) is 0 Å². The number of fused-ring (bicyclic) bond motifs is 1. The predicted molar refractivity (Wildman–Crippen MR) is 105 cm³/mol. The molecule has 0 radical (unpaired) electrons. The van der Waals surface area contributed by atoms with Gasteiger partial charge in [0.05, 0.1) is 12.0 Å². The maximum atomic E-state index is 13.0. The second kappa shape index (κ2) is 7.80. The summed E-state index contributed by atoms with van der Waals surface area (Å²) in [6, 6.07) is 1.64. The molecule has 1 N–H and O–H groups in total. The SMILES string of the molecule is Cc1cc(C(=O)N2CC(=O)N3[C@@H](C[C@H](C(=O)NC4CCC4)[C@@H]3CC(C)C)C2)no1. The van der Waals surface area contributed by atoms with Crippen molar-refractivity contribution in [3.8, 4) is 0 Å². The summed E-state index contributed by atoms with van der Waals surface area (Å²) in [4.78, 5) is 42.2. The first kappa shape index (κ1) is 19.9. The van der Waals surface area contributed by atoms with Crippen molar-refractivity contribution in [2.24, 2.45) is 11.8 Å². The van der Waals surface area contributed by atoms with Crippen LogP contribution in [0.25, 0.3) is 0 Å². The molecule has 2 aliphatic heterocycles. The number of rotatable bonds is 5. The third-order valence-corrected chi connectivity index (χ3v) is 6.42. The number of hydrogen-bond donors (Lipinski definition) is 1. The predicted octanol–water partition coefficient (Wildman–Crippen LogP) is 1.74. The lowest BCUT2D eigenvalue weighted by molar-refractivity contribution is -0.140. The van der Waals surface area contributed by atoms with E-state index in [2.05, 4.69) is 24.3 Å². The number of carbonyl (C=O) groups is 3. The Balaban J connectivity index is 1.51. The van der Waals surface area contributed by atoms with Gasteiger partial charge >= 0.3 is 0 Å². The largest absolute Gasteiger partial charge is 0.361 e. The van der Waals surface area contributed by atoms with Gasteiger partial charge in [-0.2, -0.15) is 0 Å². The van der Waals surface area contributed by atoms with Gasteiger partial charge in [0.2, 0.25) is 11.8 Å². The third-order valence-electron chi connectivity index (χ3n) is 6.42. The first-order valence-corrected chi connectivity index (χ1v) is 10.7. The maximum absolute atomic E-state index is 13.0. The lowest BCUT2D eigenvalue weighted by atomic mass is 9.89. The fraction of sp³-hybridized carbons (Fsp3) is 0.714. The van der Waals surface area contributed by atoms with E-state index < -0.39 is 0 Å². The van der Waals surface area contributed by atoms with Gasteiger partial charge in [0, 0.05) is 24.7 Å². The van der Waals surface area contributed by atoms with Crippen LogP contribution >= 0.6 is 0 Å². The van der Waals surface area contributed by atoms with Crippen LogP contribution < -0.4 is 5.32 Å². The number of amides is 3. The zero-order chi connectivity index (χ0) is 20.7. The first-order valence-electron chi connectivity index (χ1n) is 10.7. The van der Waals surface area contributed by atoms with E-state index >= 15 is 0 Å². The molecule has 158 valence electrons. The summed E-state index contributed by atoms with van der Waals surface area (Å²) in [6.07, 6.45) is 4.64. The molecule has 3 heterocycles. The molecular weight excluding hydrogens is 372 g/mol. The minimum atomic E-state index is -0.294. The van der Waals surface area contributed by atoms with Crippen LogP contribution in [0.3, 0.4) is 0 Å². The van der Waals surface area contributed by atoms with Crippen molar-refractivity contribution in [3.63, 3.8) is 0 Å². The number of nitrogens with zero attached hydrogens (tertiary/aromatic N) is 3. The van der Waals surface area contributed by atoms with Crippen molar-refractivity contribution in [1.82, 2.24) is 20.3 Å². The van der Waals surface area contributed by atoms with Crippen LogP contribution in [0.2, 0.25) is 0 Å².